The SMILES string of the molecule is CC(C)n1c(C(N)C2CC2)nc2ccc(F)cc21. The van der Waals surface area contributed by atoms with E-state index in [-0.39, 0.29) is 17.9 Å². The average molecular weight is 247 g/mol. The van der Waals surface area contributed by atoms with Crippen molar-refractivity contribution >= 4 is 11.0 Å². The Morgan fingerprint density at radius 3 is 2.72 bits per heavy atom. The summed E-state index contributed by atoms with van der Waals surface area (Å²) in [7, 11) is 0. The summed E-state index contributed by atoms with van der Waals surface area (Å²) in [5.41, 5.74) is 7.94. The van der Waals surface area contributed by atoms with Gasteiger partial charge in [0, 0.05) is 6.04 Å². The van der Waals surface area contributed by atoms with Crippen LogP contribution in [0.4, 0.5) is 4.39 Å². The Balaban J connectivity index is 2.20. The molecule has 96 valence electrons. The van der Waals surface area contributed by atoms with Crippen LogP contribution in [-0.2, 0) is 0 Å². The summed E-state index contributed by atoms with van der Waals surface area (Å²) in [5, 5.41) is 0. The lowest BCUT2D eigenvalue weighted by atomic mass is 10.2. The third kappa shape index (κ3) is 1.81. The Labute approximate surface area is 106 Å². The fraction of sp³-hybridized carbons (Fsp3) is 0.500. The molecule has 1 aliphatic carbocycles. The Kier molecular flexibility index (Phi) is 2.63. The molecule has 0 radical (unpaired) electrons. The summed E-state index contributed by atoms with van der Waals surface area (Å²) in [4.78, 5) is 4.61. The number of rotatable bonds is 3. The smallest absolute Gasteiger partial charge is 0.127 e. The van der Waals surface area contributed by atoms with Crippen LogP contribution in [0.3, 0.4) is 0 Å². The van der Waals surface area contributed by atoms with Crippen molar-refractivity contribution < 1.29 is 4.39 Å². The van der Waals surface area contributed by atoms with E-state index in [1.165, 1.54) is 18.9 Å². The number of hydrogen-bond acceptors (Lipinski definition) is 2. The van der Waals surface area contributed by atoms with E-state index in [1.54, 1.807) is 12.1 Å². The van der Waals surface area contributed by atoms with Crippen LogP contribution in [0.1, 0.15) is 44.6 Å². The van der Waals surface area contributed by atoms with Crippen molar-refractivity contribution in [2.45, 2.75) is 38.8 Å². The third-order valence-corrected chi connectivity index (χ3v) is 3.62. The van der Waals surface area contributed by atoms with Crippen molar-refractivity contribution in [3.8, 4) is 0 Å². The van der Waals surface area contributed by atoms with Gasteiger partial charge >= 0.3 is 0 Å². The van der Waals surface area contributed by atoms with E-state index in [1.807, 2.05) is 0 Å². The lowest BCUT2D eigenvalue weighted by Gasteiger charge is -2.17. The van der Waals surface area contributed by atoms with Gasteiger partial charge in [0.25, 0.3) is 0 Å². The highest BCUT2D eigenvalue weighted by molar-refractivity contribution is 5.76. The van der Waals surface area contributed by atoms with E-state index < -0.39 is 0 Å². The maximum absolute atomic E-state index is 13.4. The van der Waals surface area contributed by atoms with Gasteiger partial charge in [0.1, 0.15) is 11.6 Å². The first-order valence-electron chi connectivity index (χ1n) is 6.51. The highest BCUT2D eigenvalue weighted by Crippen LogP contribution is 2.40. The van der Waals surface area contributed by atoms with Gasteiger partial charge in [0.15, 0.2) is 0 Å². The lowest BCUT2D eigenvalue weighted by molar-refractivity contribution is 0.512. The Morgan fingerprint density at radius 1 is 1.39 bits per heavy atom. The van der Waals surface area contributed by atoms with Crippen molar-refractivity contribution in [3.63, 3.8) is 0 Å². The summed E-state index contributed by atoms with van der Waals surface area (Å²) in [6, 6.07) is 4.93. The second-order valence-corrected chi connectivity index (χ2v) is 5.43. The number of aromatic nitrogens is 2. The number of halogens is 1. The first-order chi connectivity index (χ1) is 8.58. The summed E-state index contributed by atoms with van der Waals surface area (Å²) < 4.78 is 15.5. The summed E-state index contributed by atoms with van der Waals surface area (Å²) in [6.45, 7) is 4.16. The molecule has 3 rings (SSSR count). The van der Waals surface area contributed by atoms with Crippen molar-refractivity contribution in [1.82, 2.24) is 9.55 Å². The second kappa shape index (κ2) is 4.05. The molecule has 18 heavy (non-hydrogen) atoms. The zero-order valence-corrected chi connectivity index (χ0v) is 10.7. The van der Waals surface area contributed by atoms with Gasteiger partial charge in [-0.3, -0.25) is 0 Å². The topological polar surface area (TPSA) is 43.8 Å². The minimum absolute atomic E-state index is 0.0251. The van der Waals surface area contributed by atoms with E-state index in [4.69, 9.17) is 5.73 Å². The maximum atomic E-state index is 13.4. The molecule has 1 atom stereocenters. The van der Waals surface area contributed by atoms with Gasteiger partial charge in [0.2, 0.25) is 0 Å². The van der Waals surface area contributed by atoms with Gasteiger partial charge in [-0.05, 0) is 50.8 Å². The van der Waals surface area contributed by atoms with Gasteiger partial charge in [-0.25, -0.2) is 9.37 Å². The third-order valence-electron chi connectivity index (χ3n) is 3.62. The molecule has 4 heteroatoms. The fourth-order valence-electron chi connectivity index (χ4n) is 2.53. The number of benzene rings is 1. The molecule has 1 aromatic heterocycles. The number of hydrogen-bond donors (Lipinski definition) is 1. The molecule has 0 bridgehead atoms. The first-order valence-corrected chi connectivity index (χ1v) is 6.51. The monoisotopic (exact) mass is 247 g/mol. The Bertz CT molecular complexity index is 584. The number of nitrogens with zero attached hydrogens (tertiary/aromatic N) is 2. The van der Waals surface area contributed by atoms with Gasteiger partial charge in [0.05, 0.1) is 17.1 Å². The molecule has 2 aromatic rings. The molecule has 0 amide bonds. The summed E-state index contributed by atoms with van der Waals surface area (Å²) >= 11 is 0. The second-order valence-electron chi connectivity index (χ2n) is 5.43. The van der Waals surface area contributed by atoms with Crippen LogP contribution >= 0.6 is 0 Å². The molecule has 3 nitrogen and oxygen atoms in total. The van der Waals surface area contributed by atoms with Crippen molar-refractivity contribution in [2.75, 3.05) is 0 Å². The van der Waals surface area contributed by atoms with Crippen molar-refractivity contribution in [2.24, 2.45) is 11.7 Å². The zero-order chi connectivity index (χ0) is 12.9. The lowest BCUT2D eigenvalue weighted by Crippen LogP contribution is -2.19. The number of imidazole rings is 1. The number of fused-ring (bicyclic) bond motifs is 1. The van der Waals surface area contributed by atoms with E-state index in [0.29, 0.717) is 5.92 Å². The van der Waals surface area contributed by atoms with Gasteiger partial charge < -0.3 is 10.3 Å². The molecule has 1 aliphatic rings. The van der Waals surface area contributed by atoms with E-state index >= 15 is 0 Å². The van der Waals surface area contributed by atoms with Crippen LogP contribution in [0.2, 0.25) is 0 Å². The van der Waals surface area contributed by atoms with Gasteiger partial charge in [-0.1, -0.05) is 0 Å². The van der Waals surface area contributed by atoms with E-state index in [0.717, 1.165) is 16.9 Å². The maximum Gasteiger partial charge on any atom is 0.127 e. The van der Waals surface area contributed by atoms with Gasteiger partial charge in [-0.15, -0.1) is 0 Å². The molecule has 1 unspecified atom stereocenters. The van der Waals surface area contributed by atoms with Crippen molar-refractivity contribution in [3.05, 3.63) is 29.8 Å². The van der Waals surface area contributed by atoms with Crippen LogP contribution in [0.5, 0.6) is 0 Å². The predicted octanol–water partition coefficient (Wildman–Crippen LogP) is 3.17. The van der Waals surface area contributed by atoms with Crippen LogP contribution in [0.15, 0.2) is 18.2 Å². The molecule has 1 fully saturated rings. The van der Waals surface area contributed by atoms with Crippen LogP contribution in [-0.4, -0.2) is 9.55 Å². The Hall–Kier alpha value is -1.42. The molecule has 1 heterocycles. The summed E-state index contributed by atoms with van der Waals surface area (Å²) in [6.07, 6.45) is 2.35. The zero-order valence-electron chi connectivity index (χ0n) is 10.7. The molecule has 1 saturated carbocycles. The van der Waals surface area contributed by atoms with Crippen molar-refractivity contribution in [1.29, 1.82) is 0 Å². The quantitative estimate of drug-likeness (QED) is 0.905. The summed E-state index contributed by atoms with van der Waals surface area (Å²) in [5.74, 6) is 1.22. The standard InChI is InChI=1S/C14H18FN3/c1-8(2)18-12-7-10(15)5-6-11(12)17-14(18)13(16)9-3-4-9/h5-9,13H,3-4,16H2,1-2H3. The van der Waals surface area contributed by atoms with E-state index in [2.05, 4.69) is 23.4 Å². The number of nitrogens with two attached hydrogens (primary N) is 1. The van der Waals surface area contributed by atoms with Crippen LogP contribution in [0, 0.1) is 11.7 Å². The fourth-order valence-corrected chi connectivity index (χ4v) is 2.53. The molecule has 1 aromatic carbocycles. The average Bonchev–Trinajstić information content (AvgIpc) is 3.08. The molecule has 2 N–H and O–H groups in total. The minimum Gasteiger partial charge on any atom is -0.324 e. The Morgan fingerprint density at radius 2 is 2.11 bits per heavy atom. The highest BCUT2D eigenvalue weighted by Gasteiger charge is 2.33. The molecule has 0 saturated heterocycles. The van der Waals surface area contributed by atoms with E-state index in [9.17, 15) is 4.39 Å². The molecular formula is C14H18FN3. The minimum atomic E-state index is -0.226. The molecular weight excluding hydrogens is 229 g/mol. The first kappa shape index (κ1) is 11.7. The predicted molar refractivity (Wildman–Crippen MR) is 69.7 cm³/mol. The molecule has 0 aliphatic heterocycles. The van der Waals surface area contributed by atoms with Crippen LogP contribution < -0.4 is 5.73 Å². The highest BCUT2D eigenvalue weighted by atomic mass is 19.1. The van der Waals surface area contributed by atoms with Gasteiger partial charge in [-0.2, -0.15) is 0 Å². The normalized spacial score (nSPS) is 17.6. The largest absolute Gasteiger partial charge is 0.324 e. The van der Waals surface area contributed by atoms with Crippen LogP contribution in [0.25, 0.3) is 11.0 Å². The molecule has 0 spiro atoms.